The molecule has 0 radical (unpaired) electrons. The van der Waals surface area contributed by atoms with E-state index in [1.807, 2.05) is 0 Å². The molecule has 1 rings (SSSR count). The summed E-state index contributed by atoms with van der Waals surface area (Å²) in [5.41, 5.74) is 10.6. The van der Waals surface area contributed by atoms with E-state index in [1.54, 1.807) is 0 Å². The lowest BCUT2D eigenvalue weighted by atomic mass is 10.3. The smallest absolute Gasteiger partial charge is 0.191 e. The fraction of sp³-hybridized carbons (Fsp3) is 0. The van der Waals surface area contributed by atoms with Gasteiger partial charge in [-0.05, 0) is 28.1 Å². The van der Waals surface area contributed by atoms with E-state index in [9.17, 15) is 4.39 Å². The zero-order valence-electron chi connectivity index (χ0n) is 6.39. The Labute approximate surface area is 87.7 Å². The van der Waals surface area contributed by atoms with Crippen molar-refractivity contribution in [1.29, 1.82) is 0 Å². The van der Waals surface area contributed by atoms with Crippen LogP contribution in [-0.4, -0.2) is 5.96 Å². The summed E-state index contributed by atoms with van der Waals surface area (Å²) in [5.74, 6) is -0.583. The van der Waals surface area contributed by atoms with Crippen LogP contribution in [0.1, 0.15) is 0 Å². The van der Waals surface area contributed by atoms with E-state index in [4.69, 9.17) is 23.1 Å². The molecular formula is C7H6BrClFN3. The second kappa shape index (κ2) is 3.93. The van der Waals surface area contributed by atoms with Crippen molar-refractivity contribution in [3.05, 3.63) is 27.4 Å². The molecule has 0 aliphatic heterocycles. The number of rotatable bonds is 1. The van der Waals surface area contributed by atoms with E-state index in [1.165, 1.54) is 6.07 Å². The number of halogens is 3. The molecule has 0 aliphatic rings. The molecule has 1 aromatic carbocycles. The number of benzene rings is 1. The minimum Gasteiger partial charge on any atom is -0.370 e. The monoisotopic (exact) mass is 265 g/mol. The Morgan fingerprint density at radius 1 is 1.46 bits per heavy atom. The first-order valence-corrected chi connectivity index (χ1v) is 4.42. The summed E-state index contributed by atoms with van der Waals surface area (Å²) < 4.78 is 13.1. The highest BCUT2D eigenvalue weighted by molar-refractivity contribution is 9.10. The van der Waals surface area contributed by atoms with E-state index in [0.29, 0.717) is 5.69 Å². The Hall–Kier alpha value is -0.810. The third-order valence-electron chi connectivity index (χ3n) is 1.24. The summed E-state index contributed by atoms with van der Waals surface area (Å²) in [6.45, 7) is 0. The van der Waals surface area contributed by atoms with E-state index in [0.717, 1.165) is 6.07 Å². The first kappa shape index (κ1) is 10.3. The molecule has 13 heavy (non-hydrogen) atoms. The lowest BCUT2D eigenvalue weighted by Crippen LogP contribution is -2.21. The highest BCUT2D eigenvalue weighted by Crippen LogP contribution is 2.30. The Morgan fingerprint density at radius 3 is 2.62 bits per heavy atom. The van der Waals surface area contributed by atoms with Crippen LogP contribution in [0.3, 0.4) is 0 Å². The summed E-state index contributed by atoms with van der Waals surface area (Å²) in [5, 5.41) is 0.161. The number of hydrogen-bond acceptors (Lipinski definition) is 1. The van der Waals surface area contributed by atoms with Gasteiger partial charge in [0.15, 0.2) is 5.96 Å². The van der Waals surface area contributed by atoms with Gasteiger partial charge in [0.05, 0.1) is 15.2 Å². The van der Waals surface area contributed by atoms with Crippen molar-refractivity contribution in [2.75, 3.05) is 0 Å². The van der Waals surface area contributed by atoms with Gasteiger partial charge >= 0.3 is 0 Å². The summed E-state index contributed by atoms with van der Waals surface area (Å²) in [4.78, 5) is 3.70. The van der Waals surface area contributed by atoms with Gasteiger partial charge in [0.1, 0.15) is 5.82 Å². The second-order valence-corrected chi connectivity index (χ2v) is 3.52. The topological polar surface area (TPSA) is 64.4 Å². The third kappa shape index (κ3) is 2.57. The Morgan fingerprint density at radius 2 is 2.08 bits per heavy atom. The van der Waals surface area contributed by atoms with Crippen LogP contribution in [0, 0.1) is 5.82 Å². The number of hydrogen-bond donors (Lipinski definition) is 2. The molecule has 70 valence electrons. The largest absolute Gasteiger partial charge is 0.370 e. The standard InChI is InChI=1S/C7H6BrClFN3/c8-3-1-6(13-7(11)12)4(9)2-5(3)10/h1-2H,(H4,11,12,13). The van der Waals surface area contributed by atoms with Crippen LogP contribution >= 0.6 is 27.5 Å². The second-order valence-electron chi connectivity index (χ2n) is 2.25. The van der Waals surface area contributed by atoms with Crippen LogP contribution in [0.5, 0.6) is 0 Å². The Balaban J connectivity index is 3.24. The summed E-state index contributed by atoms with van der Waals surface area (Å²) in [6.07, 6.45) is 0. The van der Waals surface area contributed by atoms with Gasteiger partial charge in [-0.3, -0.25) is 0 Å². The van der Waals surface area contributed by atoms with Gasteiger partial charge in [0, 0.05) is 0 Å². The maximum absolute atomic E-state index is 12.9. The molecule has 0 atom stereocenters. The number of aliphatic imine (C=N–C) groups is 1. The van der Waals surface area contributed by atoms with Crippen molar-refractivity contribution < 1.29 is 4.39 Å². The van der Waals surface area contributed by atoms with Crippen LogP contribution in [0.25, 0.3) is 0 Å². The predicted octanol–water partition coefficient (Wildman–Crippen LogP) is 2.15. The molecule has 0 unspecified atom stereocenters. The number of nitrogens with zero attached hydrogens (tertiary/aromatic N) is 1. The number of guanidine groups is 1. The summed E-state index contributed by atoms with van der Waals surface area (Å²) >= 11 is 8.65. The van der Waals surface area contributed by atoms with E-state index < -0.39 is 5.82 Å². The lowest BCUT2D eigenvalue weighted by molar-refractivity contribution is 0.621. The van der Waals surface area contributed by atoms with E-state index >= 15 is 0 Å². The molecule has 0 amide bonds. The third-order valence-corrected chi connectivity index (χ3v) is 2.15. The molecule has 4 N–H and O–H groups in total. The van der Waals surface area contributed by atoms with Gasteiger partial charge in [-0.1, -0.05) is 11.6 Å². The van der Waals surface area contributed by atoms with Gasteiger partial charge in [-0.2, -0.15) is 0 Å². The normalized spacial score (nSPS) is 9.77. The fourth-order valence-corrected chi connectivity index (χ4v) is 1.26. The highest BCUT2D eigenvalue weighted by Gasteiger charge is 2.05. The number of nitrogens with two attached hydrogens (primary N) is 2. The van der Waals surface area contributed by atoms with Crippen molar-refractivity contribution in [2.24, 2.45) is 16.5 Å². The average molecular weight is 267 g/mol. The minimum absolute atomic E-state index is 0.125. The summed E-state index contributed by atoms with van der Waals surface area (Å²) in [7, 11) is 0. The van der Waals surface area contributed by atoms with E-state index in [2.05, 4.69) is 20.9 Å². The maximum atomic E-state index is 12.9. The summed E-state index contributed by atoms with van der Waals surface area (Å²) in [6, 6.07) is 2.53. The van der Waals surface area contributed by atoms with Crippen LogP contribution in [0.4, 0.5) is 10.1 Å². The van der Waals surface area contributed by atoms with Crippen molar-refractivity contribution in [3.63, 3.8) is 0 Å². The molecule has 0 aliphatic carbocycles. The van der Waals surface area contributed by atoms with Crippen molar-refractivity contribution in [3.8, 4) is 0 Å². The van der Waals surface area contributed by atoms with Crippen LogP contribution in [0.15, 0.2) is 21.6 Å². The molecule has 3 nitrogen and oxygen atoms in total. The molecular weight excluding hydrogens is 260 g/mol. The van der Waals surface area contributed by atoms with Crippen molar-refractivity contribution >= 4 is 39.2 Å². The molecule has 0 bridgehead atoms. The van der Waals surface area contributed by atoms with Crippen molar-refractivity contribution in [1.82, 2.24) is 0 Å². The van der Waals surface area contributed by atoms with Crippen molar-refractivity contribution in [2.45, 2.75) is 0 Å². The first-order valence-electron chi connectivity index (χ1n) is 3.25. The van der Waals surface area contributed by atoms with Gasteiger partial charge in [0.2, 0.25) is 0 Å². The zero-order chi connectivity index (χ0) is 10.0. The molecule has 0 saturated heterocycles. The van der Waals surface area contributed by atoms with Crippen LogP contribution < -0.4 is 11.5 Å². The Kier molecular flexibility index (Phi) is 3.11. The quantitative estimate of drug-likeness (QED) is 0.465. The van der Waals surface area contributed by atoms with Gasteiger partial charge in [-0.25, -0.2) is 9.38 Å². The van der Waals surface area contributed by atoms with Gasteiger partial charge in [-0.15, -0.1) is 0 Å². The molecule has 6 heteroatoms. The van der Waals surface area contributed by atoms with Crippen LogP contribution in [-0.2, 0) is 0 Å². The highest BCUT2D eigenvalue weighted by atomic mass is 79.9. The lowest BCUT2D eigenvalue weighted by Gasteiger charge is -2.00. The average Bonchev–Trinajstić information content (AvgIpc) is 1.99. The van der Waals surface area contributed by atoms with Gasteiger partial charge in [0.25, 0.3) is 0 Å². The molecule has 1 aromatic rings. The van der Waals surface area contributed by atoms with E-state index in [-0.39, 0.29) is 15.5 Å². The fourth-order valence-electron chi connectivity index (χ4n) is 0.737. The molecule has 0 saturated carbocycles. The first-order chi connectivity index (χ1) is 6.00. The predicted molar refractivity (Wildman–Crippen MR) is 54.6 cm³/mol. The Bertz CT molecular complexity index is 363. The SMILES string of the molecule is NC(N)=Nc1cc(Br)c(F)cc1Cl. The van der Waals surface area contributed by atoms with Gasteiger partial charge < -0.3 is 11.5 Å². The molecule has 0 aromatic heterocycles. The minimum atomic E-state index is -0.459. The molecule has 0 fully saturated rings. The molecule has 0 spiro atoms. The molecule has 0 heterocycles. The maximum Gasteiger partial charge on any atom is 0.191 e. The zero-order valence-corrected chi connectivity index (χ0v) is 8.73. The van der Waals surface area contributed by atoms with Crippen LogP contribution in [0.2, 0.25) is 5.02 Å².